The maximum atomic E-state index is 6.27. The summed E-state index contributed by atoms with van der Waals surface area (Å²) in [5, 5.41) is 4.52. The zero-order chi connectivity index (χ0) is 11.8. The van der Waals surface area contributed by atoms with Gasteiger partial charge in [-0.15, -0.1) is 0 Å². The van der Waals surface area contributed by atoms with Crippen LogP contribution < -0.4 is 5.32 Å². The first kappa shape index (κ1) is 11.4. The van der Waals surface area contributed by atoms with E-state index in [4.69, 9.17) is 11.6 Å². The fourth-order valence-corrected chi connectivity index (χ4v) is 3.41. The zero-order valence-electron chi connectivity index (χ0n) is 10.2. The highest BCUT2D eigenvalue weighted by atomic mass is 35.5. The Hall–Kier alpha value is -0.730. The molecule has 3 saturated heterocycles. The third-order valence-corrected chi connectivity index (χ3v) is 4.52. The van der Waals surface area contributed by atoms with Crippen LogP contribution in [0.15, 0.2) is 18.2 Å². The van der Waals surface area contributed by atoms with Crippen molar-refractivity contribution in [3.8, 4) is 0 Å². The predicted octanol–water partition coefficient (Wildman–Crippen LogP) is 3.15. The molecule has 0 radical (unpaired) electrons. The lowest BCUT2D eigenvalue weighted by Gasteiger charge is -2.45. The van der Waals surface area contributed by atoms with Crippen molar-refractivity contribution in [1.82, 2.24) is 4.90 Å². The molecule has 4 rings (SSSR count). The topological polar surface area (TPSA) is 15.3 Å². The summed E-state index contributed by atoms with van der Waals surface area (Å²) in [4.78, 5) is 2.56. The van der Waals surface area contributed by atoms with E-state index in [1.165, 1.54) is 38.0 Å². The van der Waals surface area contributed by atoms with Crippen LogP contribution >= 0.6 is 11.6 Å². The number of piperidine rings is 3. The average Bonchev–Trinajstić information content (AvgIpc) is 2.36. The van der Waals surface area contributed by atoms with Gasteiger partial charge in [-0.2, -0.15) is 0 Å². The number of para-hydroxylation sites is 1. The van der Waals surface area contributed by atoms with E-state index in [1.54, 1.807) is 0 Å². The minimum atomic E-state index is 0.580. The number of rotatable bonds is 2. The molecule has 2 nitrogen and oxygen atoms in total. The van der Waals surface area contributed by atoms with Crippen LogP contribution in [-0.2, 0) is 0 Å². The lowest BCUT2D eigenvalue weighted by atomic mass is 9.84. The highest BCUT2D eigenvalue weighted by molar-refractivity contribution is 6.33. The SMILES string of the molecule is Cc1cccc(Cl)c1NC1CN2CCC1CC2. The zero-order valence-corrected chi connectivity index (χ0v) is 11.0. The molecule has 3 aliphatic heterocycles. The number of anilines is 1. The molecule has 1 aromatic carbocycles. The molecule has 0 saturated carbocycles. The highest BCUT2D eigenvalue weighted by Crippen LogP contribution is 2.33. The third-order valence-electron chi connectivity index (χ3n) is 4.21. The first-order valence-corrected chi connectivity index (χ1v) is 6.86. The van der Waals surface area contributed by atoms with Crippen molar-refractivity contribution >= 4 is 17.3 Å². The molecule has 0 aromatic heterocycles. The fourth-order valence-electron chi connectivity index (χ4n) is 3.13. The Bertz CT molecular complexity index is 390. The summed E-state index contributed by atoms with van der Waals surface area (Å²) < 4.78 is 0. The minimum Gasteiger partial charge on any atom is -0.379 e. The lowest BCUT2D eigenvalue weighted by molar-refractivity contribution is 0.0975. The summed E-state index contributed by atoms with van der Waals surface area (Å²) in [6.07, 6.45) is 2.67. The number of fused-ring (bicyclic) bond motifs is 3. The van der Waals surface area contributed by atoms with Crippen LogP contribution in [0.2, 0.25) is 5.02 Å². The maximum absolute atomic E-state index is 6.27. The number of halogens is 1. The van der Waals surface area contributed by atoms with Gasteiger partial charge in [-0.1, -0.05) is 23.7 Å². The summed E-state index contributed by atoms with van der Waals surface area (Å²) in [7, 11) is 0. The molecule has 3 aliphatic rings. The molecule has 0 aliphatic carbocycles. The maximum Gasteiger partial charge on any atom is 0.0640 e. The Labute approximate surface area is 108 Å². The van der Waals surface area contributed by atoms with Gasteiger partial charge in [-0.05, 0) is 50.4 Å². The van der Waals surface area contributed by atoms with Gasteiger partial charge in [-0.25, -0.2) is 0 Å². The van der Waals surface area contributed by atoms with Crippen molar-refractivity contribution in [3.05, 3.63) is 28.8 Å². The average molecular weight is 251 g/mol. The molecule has 2 bridgehead atoms. The molecule has 1 atom stereocenters. The number of benzene rings is 1. The van der Waals surface area contributed by atoms with Crippen molar-refractivity contribution in [3.63, 3.8) is 0 Å². The highest BCUT2D eigenvalue weighted by Gasteiger charge is 2.34. The number of aryl methyl sites for hydroxylation is 1. The Morgan fingerprint density at radius 1 is 1.29 bits per heavy atom. The Balaban J connectivity index is 1.79. The first-order chi connectivity index (χ1) is 8.24. The van der Waals surface area contributed by atoms with Gasteiger partial charge >= 0.3 is 0 Å². The molecule has 0 spiro atoms. The fraction of sp³-hybridized carbons (Fsp3) is 0.571. The molecule has 1 N–H and O–H groups in total. The van der Waals surface area contributed by atoms with Crippen LogP contribution in [0.5, 0.6) is 0 Å². The molecule has 17 heavy (non-hydrogen) atoms. The summed E-state index contributed by atoms with van der Waals surface area (Å²) in [6.45, 7) is 5.86. The number of hydrogen-bond donors (Lipinski definition) is 1. The van der Waals surface area contributed by atoms with E-state index < -0.39 is 0 Å². The van der Waals surface area contributed by atoms with Gasteiger partial charge in [0, 0.05) is 12.6 Å². The van der Waals surface area contributed by atoms with Crippen molar-refractivity contribution < 1.29 is 0 Å². The van der Waals surface area contributed by atoms with Gasteiger partial charge in [0.1, 0.15) is 0 Å². The Morgan fingerprint density at radius 3 is 2.65 bits per heavy atom. The minimum absolute atomic E-state index is 0.580. The van der Waals surface area contributed by atoms with E-state index in [-0.39, 0.29) is 0 Å². The second kappa shape index (κ2) is 4.51. The van der Waals surface area contributed by atoms with Gasteiger partial charge in [0.15, 0.2) is 0 Å². The van der Waals surface area contributed by atoms with Crippen LogP contribution in [0.1, 0.15) is 18.4 Å². The molecule has 0 amide bonds. The molecule has 1 aromatic rings. The normalized spacial score (nSPS) is 31.5. The smallest absolute Gasteiger partial charge is 0.0640 e. The monoisotopic (exact) mass is 250 g/mol. The van der Waals surface area contributed by atoms with Crippen LogP contribution in [0.25, 0.3) is 0 Å². The van der Waals surface area contributed by atoms with Gasteiger partial charge in [0.05, 0.1) is 10.7 Å². The summed E-state index contributed by atoms with van der Waals surface area (Å²) in [6, 6.07) is 6.68. The van der Waals surface area contributed by atoms with E-state index in [0.717, 1.165) is 16.6 Å². The molecule has 1 unspecified atom stereocenters. The standard InChI is InChI=1S/C14H19ClN2/c1-10-3-2-4-12(15)14(10)16-13-9-17-7-5-11(13)6-8-17/h2-4,11,13,16H,5-9H2,1H3. The van der Waals surface area contributed by atoms with Crippen LogP contribution in [0, 0.1) is 12.8 Å². The third kappa shape index (κ3) is 2.16. The van der Waals surface area contributed by atoms with E-state index >= 15 is 0 Å². The molecule has 3 heteroatoms. The Kier molecular flexibility index (Phi) is 3.01. The van der Waals surface area contributed by atoms with Crippen LogP contribution in [0.4, 0.5) is 5.69 Å². The molecular weight excluding hydrogens is 232 g/mol. The Morgan fingerprint density at radius 2 is 2.06 bits per heavy atom. The molecule has 92 valence electrons. The second-order valence-electron chi connectivity index (χ2n) is 5.32. The molecule has 3 heterocycles. The van der Waals surface area contributed by atoms with E-state index in [1.807, 2.05) is 12.1 Å². The van der Waals surface area contributed by atoms with Crippen LogP contribution in [0.3, 0.4) is 0 Å². The van der Waals surface area contributed by atoms with E-state index in [2.05, 4.69) is 23.2 Å². The second-order valence-corrected chi connectivity index (χ2v) is 5.73. The van der Waals surface area contributed by atoms with E-state index in [0.29, 0.717) is 6.04 Å². The van der Waals surface area contributed by atoms with Crippen molar-refractivity contribution in [1.29, 1.82) is 0 Å². The summed E-state index contributed by atoms with van der Waals surface area (Å²) in [5.74, 6) is 0.829. The van der Waals surface area contributed by atoms with Crippen molar-refractivity contribution in [2.75, 3.05) is 25.0 Å². The largest absolute Gasteiger partial charge is 0.379 e. The first-order valence-electron chi connectivity index (χ1n) is 6.48. The summed E-state index contributed by atoms with van der Waals surface area (Å²) in [5.41, 5.74) is 2.38. The number of hydrogen-bond acceptors (Lipinski definition) is 2. The van der Waals surface area contributed by atoms with Gasteiger partial charge in [0.2, 0.25) is 0 Å². The van der Waals surface area contributed by atoms with Crippen LogP contribution in [-0.4, -0.2) is 30.6 Å². The van der Waals surface area contributed by atoms with Crippen molar-refractivity contribution in [2.45, 2.75) is 25.8 Å². The van der Waals surface area contributed by atoms with Gasteiger partial charge in [0.25, 0.3) is 0 Å². The van der Waals surface area contributed by atoms with Gasteiger partial charge in [-0.3, -0.25) is 0 Å². The number of nitrogens with zero attached hydrogens (tertiary/aromatic N) is 1. The van der Waals surface area contributed by atoms with Gasteiger partial charge < -0.3 is 10.2 Å². The number of nitrogens with one attached hydrogen (secondary N) is 1. The summed E-state index contributed by atoms with van der Waals surface area (Å²) >= 11 is 6.27. The predicted molar refractivity (Wildman–Crippen MR) is 72.8 cm³/mol. The van der Waals surface area contributed by atoms with Crippen molar-refractivity contribution in [2.24, 2.45) is 5.92 Å². The quantitative estimate of drug-likeness (QED) is 0.868. The van der Waals surface area contributed by atoms with E-state index in [9.17, 15) is 0 Å². The molecular formula is C14H19ClN2. The molecule has 3 fully saturated rings. The lowest BCUT2D eigenvalue weighted by Crippen LogP contribution is -2.53.